The maximum Gasteiger partial charge on any atom is 0.159 e. The Morgan fingerprint density at radius 1 is 1.21 bits per heavy atom. The molecule has 2 nitrogen and oxygen atoms in total. The molecule has 0 aromatic carbocycles. The lowest BCUT2D eigenvalue weighted by atomic mass is 10.1. The van der Waals surface area contributed by atoms with Gasteiger partial charge in [-0.1, -0.05) is 32.1 Å². The number of hydrogen-bond donors (Lipinski definition) is 1. The van der Waals surface area contributed by atoms with E-state index in [0.29, 0.717) is 5.57 Å². The minimum atomic E-state index is -1.01. The molecule has 0 saturated carbocycles. The van der Waals surface area contributed by atoms with Crippen molar-refractivity contribution in [1.82, 2.24) is 0 Å². The summed E-state index contributed by atoms with van der Waals surface area (Å²) >= 11 is 0. The van der Waals surface area contributed by atoms with Gasteiger partial charge in [0, 0.05) is 13.6 Å². The summed E-state index contributed by atoms with van der Waals surface area (Å²) in [6.45, 7) is 10.1. The van der Waals surface area contributed by atoms with Crippen molar-refractivity contribution in [3.8, 4) is 0 Å². The smallest absolute Gasteiger partial charge is 0.159 e. The van der Waals surface area contributed by atoms with Crippen LogP contribution in [0.15, 0.2) is 11.3 Å². The third-order valence-corrected chi connectivity index (χ3v) is 4.07. The molecule has 14 heavy (non-hydrogen) atoms. The van der Waals surface area contributed by atoms with Crippen molar-refractivity contribution in [2.24, 2.45) is 0 Å². The van der Waals surface area contributed by atoms with Crippen LogP contribution < -0.4 is 0 Å². The van der Waals surface area contributed by atoms with Crippen LogP contribution in [0.25, 0.3) is 0 Å². The summed E-state index contributed by atoms with van der Waals surface area (Å²) in [4.78, 5) is 11.1. The van der Waals surface area contributed by atoms with Gasteiger partial charge in [0.2, 0.25) is 0 Å². The lowest BCUT2D eigenvalue weighted by molar-refractivity contribution is -0.113. The molecule has 0 spiro atoms. The monoisotopic (exact) mass is 214 g/mol. The van der Waals surface area contributed by atoms with Gasteiger partial charge in [-0.3, -0.25) is 4.79 Å². The molecule has 0 unspecified atom stereocenters. The van der Waals surface area contributed by atoms with E-state index in [1.54, 1.807) is 6.92 Å². The van der Waals surface area contributed by atoms with Crippen LogP contribution in [-0.4, -0.2) is 19.0 Å². The number of aliphatic hydroxyl groups is 1. The second-order valence-corrected chi connectivity index (χ2v) is 10.7. The molecule has 0 rings (SSSR count). The van der Waals surface area contributed by atoms with Crippen molar-refractivity contribution in [3.63, 3.8) is 0 Å². The zero-order valence-electron chi connectivity index (χ0n) is 9.98. The highest BCUT2D eigenvalue weighted by atomic mass is 28.3. The van der Waals surface area contributed by atoms with Gasteiger partial charge in [0.25, 0.3) is 0 Å². The highest BCUT2D eigenvalue weighted by Gasteiger charge is 2.14. The summed E-state index contributed by atoms with van der Waals surface area (Å²) < 4.78 is 0. The zero-order chi connectivity index (χ0) is 11.4. The molecule has 1 N–H and O–H groups in total. The Morgan fingerprint density at radius 3 is 2.00 bits per heavy atom. The average molecular weight is 214 g/mol. The quantitative estimate of drug-likeness (QED) is 0.432. The summed E-state index contributed by atoms with van der Waals surface area (Å²) in [6, 6.07) is 1.21. The lowest BCUT2D eigenvalue weighted by Gasteiger charge is -2.15. The Morgan fingerprint density at radius 2 is 1.71 bits per heavy atom. The van der Waals surface area contributed by atoms with Crippen molar-refractivity contribution < 1.29 is 9.90 Å². The standard InChI is InChI=1S/C11H22O2Si/c1-9(12)11(10(2)13)7-6-8-14(3,4)5/h12H,6-8H2,1-5H3/b11-9-. The lowest BCUT2D eigenvalue weighted by Crippen LogP contribution is -2.19. The summed E-state index contributed by atoms with van der Waals surface area (Å²) in [5, 5.41) is 9.28. The van der Waals surface area contributed by atoms with E-state index in [1.165, 1.54) is 13.0 Å². The number of carbonyl (C=O) groups is 1. The van der Waals surface area contributed by atoms with E-state index in [9.17, 15) is 9.90 Å². The Balaban J connectivity index is 4.12. The second kappa shape index (κ2) is 5.34. The van der Waals surface area contributed by atoms with Gasteiger partial charge in [-0.05, 0) is 20.3 Å². The number of hydrogen-bond acceptors (Lipinski definition) is 2. The molecule has 0 saturated heterocycles. The van der Waals surface area contributed by atoms with Crippen molar-refractivity contribution in [1.29, 1.82) is 0 Å². The largest absolute Gasteiger partial charge is 0.512 e. The van der Waals surface area contributed by atoms with Gasteiger partial charge in [-0.25, -0.2) is 0 Å². The van der Waals surface area contributed by atoms with E-state index in [1.807, 2.05) is 0 Å². The fourth-order valence-corrected chi connectivity index (χ4v) is 2.64. The van der Waals surface area contributed by atoms with Crippen LogP contribution in [0.4, 0.5) is 0 Å². The molecule has 0 aliphatic rings. The molecule has 0 atom stereocenters. The summed E-state index contributed by atoms with van der Waals surface area (Å²) in [7, 11) is -1.01. The molecule has 82 valence electrons. The second-order valence-electron chi connectivity index (χ2n) is 5.03. The third-order valence-electron chi connectivity index (χ3n) is 2.22. The van der Waals surface area contributed by atoms with Crippen molar-refractivity contribution >= 4 is 13.9 Å². The van der Waals surface area contributed by atoms with Gasteiger partial charge < -0.3 is 5.11 Å². The Hall–Kier alpha value is -0.573. The number of Topliss-reactive ketones (excluding diaryl/α,β-unsaturated/α-hetero) is 1. The third kappa shape index (κ3) is 5.97. The molecule has 0 aromatic rings. The van der Waals surface area contributed by atoms with Crippen LogP contribution in [0.2, 0.25) is 25.7 Å². The maximum absolute atomic E-state index is 11.1. The fraction of sp³-hybridized carbons (Fsp3) is 0.727. The number of ketones is 1. The fourth-order valence-electron chi connectivity index (χ4n) is 1.41. The van der Waals surface area contributed by atoms with Crippen LogP contribution >= 0.6 is 0 Å². The first-order valence-electron chi connectivity index (χ1n) is 5.13. The number of aliphatic hydroxyl groups excluding tert-OH is 1. The van der Waals surface area contributed by atoms with Gasteiger partial charge in [0.15, 0.2) is 5.78 Å². The van der Waals surface area contributed by atoms with Crippen LogP contribution in [0.5, 0.6) is 0 Å². The molecular weight excluding hydrogens is 192 g/mol. The van der Waals surface area contributed by atoms with E-state index in [2.05, 4.69) is 19.6 Å². The highest BCUT2D eigenvalue weighted by Crippen LogP contribution is 2.18. The summed E-state index contributed by atoms with van der Waals surface area (Å²) in [6.07, 6.45) is 1.74. The Bertz CT molecular complexity index is 232. The van der Waals surface area contributed by atoms with E-state index in [4.69, 9.17) is 0 Å². The van der Waals surface area contributed by atoms with Crippen LogP contribution in [0, 0.1) is 0 Å². The normalized spacial score (nSPS) is 13.8. The SMILES string of the molecule is CC(=O)/C(CCC[Si](C)(C)C)=C(/C)O. The molecule has 0 radical (unpaired) electrons. The molecular formula is C11H22O2Si. The molecule has 0 amide bonds. The first-order chi connectivity index (χ1) is 6.24. The first-order valence-corrected chi connectivity index (χ1v) is 8.84. The zero-order valence-corrected chi connectivity index (χ0v) is 11.0. The van der Waals surface area contributed by atoms with Crippen LogP contribution in [0.3, 0.4) is 0 Å². The van der Waals surface area contributed by atoms with Gasteiger partial charge in [-0.2, -0.15) is 0 Å². The predicted octanol–water partition coefficient (Wildman–Crippen LogP) is 3.53. The molecule has 0 aliphatic carbocycles. The topological polar surface area (TPSA) is 37.3 Å². The van der Waals surface area contributed by atoms with Gasteiger partial charge in [0.1, 0.15) is 0 Å². The van der Waals surface area contributed by atoms with Crippen LogP contribution in [-0.2, 0) is 4.79 Å². The predicted molar refractivity (Wildman–Crippen MR) is 63.4 cm³/mol. The molecule has 0 fully saturated rings. The molecule has 3 heteroatoms. The summed E-state index contributed by atoms with van der Waals surface area (Å²) in [5.74, 6) is 0.189. The van der Waals surface area contributed by atoms with E-state index >= 15 is 0 Å². The van der Waals surface area contributed by atoms with Crippen molar-refractivity contribution in [3.05, 3.63) is 11.3 Å². The van der Waals surface area contributed by atoms with E-state index < -0.39 is 8.07 Å². The minimum absolute atomic E-state index is 0.000533. The average Bonchev–Trinajstić information content (AvgIpc) is 1.94. The van der Waals surface area contributed by atoms with Crippen LogP contribution in [0.1, 0.15) is 26.7 Å². The Kier molecular flexibility index (Phi) is 5.12. The van der Waals surface area contributed by atoms with Gasteiger partial charge >= 0.3 is 0 Å². The number of allylic oxidation sites excluding steroid dienone is 2. The Labute approximate surface area is 88.0 Å². The van der Waals surface area contributed by atoms with Gasteiger partial charge in [0.05, 0.1) is 5.76 Å². The molecule has 0 bridgehead atoms. The molecule has 0 aromatic heterocycles. The summed E-state index contributed by atoms with van der Waals surface area (Å²) in [5.41, 5.74) is 0.600. The van der Waals surface area contributed by atoms with Crippen molar-refractivity contribution in [2.45, 2.75) is 52.4 Å². The van der Waals surface area contributed by atoms with E-state index in [-0.39, 0.29) is 11.5 Å². The highest BCUT2D eigenvalue weighted by molar-refractivity contribution is 6.76. The number of carbonyl (C=O) groups excluding carboxylic acids is 1. The van der Waals surface area contributed by atoms with E-state index in [0.717, 1.165) is 12.8 Å². The number of rotatable bonds is 5. The maximum atomic E-state index is 11.1. The van der Waals surface area contributed by atoms with Gasteiger partial charge in [-0.15, -0.1) is 0 Å². The first kappa shape index (κ1) is 13.4. The van der Waals surface area contributed by atoms with Crippen molar-refractivity contribution in [2.75, 3.05) is 0 Å². The molecule has 0 heterocycles. The minimum Gasteiger partial charge on any atom is -0.512 e. The molecule has 0 aliphatic heterocycles.